The van der Waals surface area contributed by atoms with E-state index in [9.17, 15) is 0 Å². The van der Waals surface area contributed by atoms with Gasteiger partial charge in [-0.3, -0.25) is 0 Å². The predicted octanol–water partition coefficient (Wildman–Crippen LogP) is 5.01. The lowest BCUT2D eigenvalue weighted by molar-refractivity contribution is 0.198. The van der Waals surface area contributed by atoms with Gasteiger partial charge in [0.1, 0.15) is 0 Å². The molecule has 0 amide bonds. The minimum absolute atomic E-state index is 0.565. The fourth-order valence-corrected chi connectivity index (χ4v) is 2.46. The van der Waals surface area contributed by atoms with Crippen molar-refractivity contribution in [2.24, 2.45) is 11.3 Å². The van der Waals surface area contributed by atoms with Crippen LogP contribution < -0.4 is 5.32 Å². The van der Waals surface area contributed by atoms with E-state index in [1.165, 1.54) is 58.0 Å². The quantitative estimate of drug-likeness (QED) is 0.501. The van der Waals surface area contributed by atoms with E-state index in [2.05, 4.69) is 39.9 Å². The molecule has 0 saturated carbocycles. The zero-order valence-corrected chi connectivity index (χ0v) is 12.9. The van der Waals surface area contributed by atoms with Crippen LogP contribution in [0.4, 0.5) is 0 Å². The average Bonchev–Trinajstić information content (AvgIpc) is 2.32. The summed E-state index contributed by atoms with van der Waals surface area (Å²) in [6.45, 7) is 14.0. The first kappa shape index (κ1) is 17.0. The van der Waals surface area contributed by atoms with E-state index in [1.807, 2.05) is 0 Å². The van der Waals surface area contributed by atoms with Crippen molar-refractivity contribution >= 4 is 0 Å². The Balaban J connectivity index is 4.27. The second kappa shape index (κ2) is 9.94. The average molecular weight is 241 g/mol. The first-order valence-corrected chi connectivity index (χ1v) is 7.81. The van der Waals surface area contributed by atoms with Gasteiger partial charge in [0, 0.05) is 6.54 Å². The molecule has 0 aliphatic rings. The number of rotatable bonds is 11. The Labute approximate surface area is 110 Å². The molecule has 17 heavy (non-hydrogen) atoms. The maximum Gasteiger partial charge on any atom is 0.000770 e. The van der Waals surface area contributed by atoms with Gasteiger partial charge in [-0.15, -0.1) is 0 Å². The fourth-order valence-electron chi connectivity index (χ4n) is 2.46. The Morgan fingerprint density at radius 3 is 2.18 bits per heavy atom. The van der Waals surface area contributed by atoms with Gasteiger partial charge in [0.2, 0.25) is 0 Å². The summed E-state index contributed by atoms with van der Waals surface area (Å²) < 4.78 is 0. The van der Waals surface area contributed by atoms with Crippen LogP contribution in [0.5, 0.6) is 0 Å². The van der Waals surface area contributed by atoms with Gasteiger partial charge in [-0.2, -0.15) is 0 Å². The molecule has 0 fully saturated rings. The summed E-state index contributed by atoms with van der Waals surface area (Å²) in [4.78, 5) is 0. The minimum atomic E-state index is 0.565. The summed E-state index contributed by atoms with van der Waals surface area (Å²) in [7, 11) is 0. The van der Waals surface area contributed by atoms with Gasteiger partial charge in [0.15, 0.2) is 0 Å². The van der Waals surface area contributed by atoms with Crippen molar-refractivity contribution in [1.29, 1.82) is 0 Å². The van der Waals surface area contributed by atoms with Gasteiger partial charge in [-0.1, -0.05) is 53.9 Å². The summed E-state index contributed by atoms with van der Waals surface area (Å²) in [5, 5.41) is 3.66. The number of unbranched alkanes of at least 4 members (excludes halogenated alkanes) is 1. The highest BCUT2D eigenvalue weighted by Crippen LogP contribution is 2.34. The maximum absolute atomic E-state index is 3.66. The molecule has 0 rings (SSSR count). The molecule has 0 aromatic rings. The van der Waals surface area contributed by atoms with Crippen LogP contribution in [-0.2, 0) is 0 Å². The predicted molar refractivity (Wildman–Crippen MR) is 79.5 cm³/mol. The molecule has 0 aromatic heterocycles. The van der Waals surface area contributed by atoms with Crippen LogP contribution >= 0.6 is 0 Å². The van der Waals surface area contributed by atoms with Crippen LogP contribution in [0.15, 0.2) is 0 Å². The second-order valence-electron chi connectivity index (χ2n) is 6.07. The zero-order valence-electron chi connectivity index (χ0n) is 12.9. The molecule has 0 bridgehead atoms. The molecule has 1 unspecified atom stereocenters. The van der Waals surface area contributed by atoms with Crippen molar-refractivity contribution < 1.29 is 0 Å². The lowest BCUT2D eigenvalue weighted by atomic mass is 9.75. The minimum Gasteiger partial charge on any atom is -0.316 e. The molecule has 1 N–H and O–H groups in total. The van der Waals surface area contributed by atoms with Gasteiger partial charge in [0.05, 0.1) is 0 Å². The van der Waals surface area contributed by atoms with E-state index in [0.29, 0.717) is 5.41 Å². The van der Waals surface area contributed by atoms with Crippen LogP contribution in [0.1, 0.15) is 79.6 Å². The van der Waals surface area contributed by atoms with Crippen molar-refractivity contribution in [3.05, 3.63) is 0 Å². The molecule has 0 aliphatic heterocycles. The Kier molecular flexibility index (Phi) is 9.91. The second-order valence-corrected chi connectivity index (χ2v) is 6.07. The van der Waals surface area contributed by atoms with E-state index in [1.54, 1.807) is 0 Å². The van der Waals surface area contributed by atoms with Crippen molar-refractivity contribution in [1.82, 2.24) is 5.32 Å². The number of hydrogen-bond acceptors (Lipinski definition) is 1. The van der Waals surface area contributed by atoms with Crippen LogP contribution in [-0.4, -0.2) is 13.1 Å². The zero-order chi connectivity index (χ0) is 13.1. The monoisotopic (exact) mass is 241 g/mol. The van der Waals surface area contributed by atoms with Gasteiger partial charge >= 0.3 is 0 Å². The Hall–Kier alpha value is -0.0400. The maximum atomic E-state index is 3.66. The molecule has 0 heterocycles. The summed E-state index contributed by atoms with van der Waals surface area (Å²) in [6.07, 6.45) is 9.48. The third kappa shape index (κ3) is 7.81. The molecule has 0 aliphatic carbocycles. The first-order valence-electron chi connectivity index (χ1n) is 7.81. The van der Waals surface area contributed by atoms with E-state index in [0.717, 1.165) is 5.92 Å². The van der Waals surface area contributed by atoms with Gasteiger partial charge < -0.3 is 5.32 Å². The first-order chi connectivity index (χ1) is 8.10. The summed E-state index contributed by atoms with van der Waals surface area (Å²) in [6, 6.07) is 0. The highest BCUT2D eigenvalue weighted by atomic mass is 14.9. The molecule has 104 valence electrons. The number of hydrogen-bond donors (Lipinski definition) is 1. The Bertz CT molecular complexity index is 165. The number of nitrogens with one attached hydrogen (secondary N) is 1. The van der Waals surface area contributed by atoms with Crippen molar-refractivity contribution in [3.63, 3.8) is 0 Å². The van der Waals surface area contributed by atoms with E-state index < -0.39 is 0 Å². The molecular weight excluding hydrogens is 206 g/mol. The van der Waals surface area contributed by atoms with E-state index in [4.69, 9.17) is 0 Å². The molecule has 1 nitrogen and oxygen atoms in total. The van der Waals surface area contributed by atoms with Crippen LogP contribution in [0, 0.1) is 11.3 Å². The third-order valence-corrected chi connectivity index (χ3v) is 3.99. The lowest BCUT2D eigenvalue weighted by Crippen LogP contribution is -2.34. The van der Waals surface area contributed by atoms with E-state index in [-0.39, 0.29) is 0 Å². The van der Waals surface area contributed by atoms with Gasteiger partial charge in [0.25, 0.3) is 0 Å². The van der Waals surface area contributed by atoms with Crippen LogP contribution in [0.3, 0.4) is 0 Å². The Morgan fingerprint density at radius 2 is 1.71 bits per heavy atom. The van der Waals surface area contributed by atoms with Crippen molar-refractivity contribution in [2.45, 2.75) is 79.6 Å². The third-order valence-electron chi connectivity index (χ3n) is 3.99. The summed E-state index contributed by atoms with van der Waals surface area (Å²) >= 11 is 0. The molecule has 0 aromatic carbocycles. The van der Waals surface area contributed by atoms with Gasteiger partial charge in [-0.25, -0.2) is 0 Å². The highest BCUT2D eigenvalue weighted by molar-refractivity contribution is 4.81. The molecule has 1 atom stereocenters. The largest absolute Gasteiger partial charge is 0.316 e. The smallest absolute Gasteiger partial charge is 0.000770 e. The van der Waals surface area contributed by atoms with Gasteiger partial charge in [-0.05, 0) is 43.6 Å². The fraction of sp³-hybridized carbons (Fsp3) is 1.00. The normalized spacial score (nSPS) is 15.2. The van der Waals surface area contributed by atoms with Crippen molar-refractivity contribution in [3.8, 4) is 0 Å². The molecule has 0 radical (unpaired) electrons. The van der Waals surface area contributed by atoms with Crippen LogP contribution in [0.25, 0.3) is 0 Å². The summed E-state index contributed by atoms with van der Waals surface area (Å²) in [5.41, 5.74) is 0.565. The molecule has 0 spiro atoms. The molecular formula is C16H35N. The molecule has 0 saturated heterocycles. The lowest BCUT2D eigenvalue weighted by Gasteiger charge is -2.34. The van der Waals surface area contributed by atoms with E-state index >= 15 is 0 Å². The topological polar surface area (TPSA) is 12.0 Å². The Morgan fingerprint density at radius 1 is 1.00 bits per heavy atom. The summed E-state index contributed by atoms with van der Waals surface area (Å²) in [5.74, 6) is 0.841. The SMILES string of the molecule is CCCCC(CC)(CCC(C)C)CNCCC. The van der Waals surface area contributed by atoms with Crippen molar-refractivity contribution in [2.75, 3.05) is 13.1 Å². The van der Waals surface area contributed by atoms with Crippen LogP contribution in [0.2, 0.25) is 0 Å². The highest BCUT2D eigenvalue weighted by Gasteiger charge is 2.26. The molecule has 1 heteroatoms. The standard InChI is InChI=1S/C16H35N/c1-6-9-11-16(8-3,12-10-15(4)5)14-17-13-7-2/h15,17H,6-14H2,1-5H3.